The van der Waals surface area contributed by atoms with E-state index in [-0.39, 0.29) is 24.1 Å². The Kier molecular flexibility index (Phi) is 3.36. The van der Waals surface area contributed by atoms with Crippen LogP contribution in [-0.4, -0.2) is 23.2 Å². The molecule has 0 N–H and O–H groups in total. The highest BCUT2D eigenvalue weighted by molar-refractivity contribution is 6.31. The number of amides is 1. The lowest BCUT2D eigenvalue weighted by Crippen LogP contribution is -2.37. The molecular formula is C11H10Cl2FNO. The van der Waals surface area contributed by atoms with Crippen LogP contribution in [0.3, 0.4) is 0 Å². The molecule has 5 heteroatoms. The number of hydrogen-bond donors (Lipinski definition) is 0. The van der Waals surface area contributed by atoms with Crippen LogP contribution in [0.25, 0.3) is 0 Å². The Morgan fingerprint density at radius 1 is 1.44 bits per heavy atom. The minimum absolute atomic E-state index is 0.0719. The SMILES string of the molecule is O=C(CCl)N1CCc2c(Cl)ccc(F)c2C1. The Labute approximate surface area is 103 Å². The van der Waals surface area contributed by atoms with Crippen molar-refractivity contribution in [1.29, 1.82) is 0 Å². The van der Waals surface area contributed by atoms with E-state index in [2.05, 4.69) is 0 Å². The Bertz CT molecular complexity index is 436. The van der Waals surface area contributed by atoms with E-state index in [1.807, 2.05) is 0 Å². The molecular weight excluding hydrogens is 252 g/mol. The molecule has 1 aliphatic rings. The molecule has 0 unspecified atom stereocenters. The minimum Gasteiger partial charge on any atom is -0.337 e. The van der Waals surface area contributed by atoms with Gasteiger partial charge in [-0.15, -0.1) is 11.6 Å². The lowest BCUT2D eigenvalue weighted by Gasteiger charge is -2.29. The standard InChI is InChI=1S/C11H10Cl2FNO/c12-5-11(16)15-4-3-7-8(6-15)10(14)2-1-9(7)13/h1-2H,3-6H2. The maximum atomic E-state index is 13.6. The molecule has 0 atom stereocenters. The molecule has 2 nitrogen and oxygen atoms in total. The zero-order valence-electron chi connectivity index (χ0n) is 8.47. The number of benzene rings is 1. The Hall–Kier alpha value is -0.800. The fraction of sp³-hybridized carbons (Fsp3) is 0.364. The van der Waals surface area contributed by atoms with Crippen LogP contribution in [0.4, 0.5) is 4.39 Å². The summed E-state index contributed by atoms with van der Waals surface area (Å²) in [4.78, 5) is 13.0. The first-order valence-corrected chi connectivity index (χ1v) is 5.84. The number of rotatable bonds is 1. The van der Waals surface area contributed by atoms with Crippen LogP contribution >= 0.6 is 23.2 Å². The molecule has 16 heavy (non-hydrogen) atoms. The molecule has 0 aliphatic carbocycles. The van der Waals surface area contributed by atoms with Gasteiger partial charge in [0.15, 0.2) is 0 Å². The first kappa shape index (κ1) is 11.7. The van der Waals surface area contributed by atoms with Gasteiger partial charge in [-0.2, -0.15) is 0 Å². The number of nitrogens with zero attached hydrogens (tertiary/aromatic N) is 1. The maximum absolute atomic E-state index is 13.6. The van der Waals surface area contributed by atoms with Crippen LogP contribution in [-0.2, 0) is 17.8 Å². The van der Waals surface area contributed by atoms with Crippen molar-refractivity contribution < 1.29 is 9.18 Å². The van der Waals surface area contributed by atoms with Gasteiger partial charge in [-0.25, -0.2) is 4.39 Å². The zero-order chi connectivity index (χ0) is 11.7. The van der Waals surface area contributed by atoms with Crippen LogP contribution in [0, 0.1) is 5.82 Å². The van der Waals surface area contributed by atoms with Crippen molar-refractivity contribution in [2.45, 2.75) is 13.0 Å². The maximum Gasteiger partial charge on any atom is 0.237 e. The van der Waals surface area contributed by atoms with Gasteiger partial charge in [0, 0.05) is 23.7 Å². The summed E-state index contributed by atoms with van der Waals surface area (Å²) in [5.74, 6) is -0.560. The van der Waals surface area contributed by atoms with Crippen molar-refractivity contribution in [2.75, 3.05) is 12.4 Å². The molecule has 0 bridgehead atoms. The molecule has 1 aromatic carbocycles. The first-order valence-electron chi connectivity index (χ1n) is 4.93. The van der Waals surface area contributed by atoms with E-state index in [0.29, 0.717) is 23.6 Å². The highest BCUT2D eigenvalue weighted by Crippen LogP contribution is 2.28. The zero-order valence-corrected chi connectivity index (χ0v) is 9.98. The Balaban J connectivity index is 2.33. The van der Waals surface area contributed by atoms with Gasteiger partial charge in [-0.3, -0.25) is 4.79 Å². The third kappa shape index (κ3) is 2.02. The van der Waals surface area contributed by atoms with Crippen molar-refractivity contribution in [3.8, 4) is 0 Å². The normalized spacial score (nSPS) is 14.8. The summed E-state index contributed by atoms with van der Waals surface area (Å²) in [5.41, 5.74) is 1.32. The molecule has 0 spiro atoms. The van der Waals surface area contributed by atoms with E-state index >= 15 is 0 Å². The van der Waals surface area contributed by atoms with Gasteiger partial charge in [0.1, 0.15) is 11.7 Å². The average molecular weight is 262 g/mol. The van der Waals surface area contributed by atoms with Crippen LogP contribution in [0.15, 0.2) is 12.1 Å². The summed E-state index contributed by atoms with van der Waals surface area (Å²) in [7, 11) is 0. The number of fused-ring (bicyclic) bond motifs is 1. The van der Waals surface area contributed by atoms with Gasteiger partial charge < -0.3 is 4.90 Å². The van der Waals surface area contributed by atoms with Crippen LogP contribution in [0.1, 0.15) is 11.1 Å². The second-order valence-corrected chi connectivity index (χ2v) is 4.36. The summed E-state index contributed by atoms with van der Waals surface area (Å²) in [6.07, 6.45) is 0.578. The fourth-order valence-electron chi connectivity index (χ4n) is 1.89. The van der Waals surface area contributed by atoms with Crippen LogP contribution < -0.4 is 0 Å². The van der Waals surface area contributed by atoms with Gasteiger partial charge in [-0.05, 0) is 24.1 Å². The second-order valence-electron chi connectivity index (χ2n) is 3.69. The average Bonchev–Trinajstić information content (AvgIpc) is 2.32. The fourth-order valence-corrected chi connectivity index (χ4v) is 2.33. The Morgan fingerprint density at radius 3 is 2.88 bits per heavy atom. The quantitative estimate of drug-likeness (QED) is 0.712. The van der Waals surface area contributed by atoms with E-state index in [9.17, 15) is 9.18 Å². The molecule has 1 amide bonds. The van der Waals surface area contributed by atoms with Gasteiger partial charge in [0.25, 0.3) is 0 Å². The van der Waals surface area contributed by atoms with Gasteiger partial charge in [0.2, 0.25) is 5.91 Å². The lowest BCUT2D eigenvalue weighted by atomic mass is 9.99. The van der Waals surface area contributed by atoms with Crippen molar-refractivity contribution >= 4 is 29.1 Å². The molecule has 2 rings (SSSR count). The highest BCUT2D eigenvalue weighted by Gasteiger charge is 2.23. The van der Waals surface area contributed by atoms with E-state index in [0.717, 1.165) is 5.56 Å². The van der Waals surface area contributed by atoms with E-state index in [1.54, 1.807) is 11.0 Å². The summed E-state index contributed by atoms with van der Waals surface area (Å²) in [6, 6.07) is 2.88. The molecule has 0 radical (unpaired) electrons. The minimum atomic E-state index is -0.313. The molecule has 0 fully saturated rings. The van der Waals surface area contributed by atoms with Gasteiger partial charge >= 0.3 is 0 Å². The Morgan fingerprint density at radius 2 is 2.19 bits per heavy atom. The number of carbonyl (C=O) groups is 1. The largest absolute Gasteiger partial charge is 0.337 e. The van der Waals surface area contributed by atoms with Crippen molar-refractivity contribution in [3.05, 3.63) is 34.1 Å². The topological polar surface area (TPSA) is 20.3 Å². The lowest BCUT2D eigenvalue weighted by molar-refractivity contribution is -0.129. The number of halogens is 3. The number of hydrogen-bond acceptors (Lipinski definition) is 1. The third-order valence-electron chi connectivity index (χ3n) is 2.76. The number of carbonyl (C=O) groups excluding carboxylic acids is 1. The number of alkyl halides is 1. The van der Waals surface area contributed by atoms with E-state index in [4.69, 9.17) is 23.2 Å². The van der Waals surface area contributed by atoms with E-state index < -0.39 is 0 Å². The monoisotopic (exact) mass is 261 g/mol. The van der Waals surface area contributed by atoms with Crippen LogP contribution in [0.2, 0.25) is 5.02 Å². The summed E-state index contributed by atoms with van der Waals surface area (Å²) in [5, 5.41) is 0.564. The highest BCUT2D eigenvalue weighted by atomic mass is 35.5. The molecule has 0 saturated heterocycles. The van der Waals surface area contributed by atoms with E-state index in [1.165, 1.54) is 6.07 Å². The third-order valence-corrected chi connectivity index (χ3v) is 3.35. The van der Waals surface area contributed by atoms with Gasteiger partial charge in [0.05, 0.1) is 0 Å². The van der Waals surface area contributed by atoms with Gasteiger partial charge in [-0.1, -0.05) is 11.6 Å². The van der Waals surface area contributed by atoms with Crippen molar-refractivity contribution in [2.24, 2.45) is 0 Å². The predicted molar refractivity (Wildman–Crippen MR) is 61.3 cm³/mol. The van der Waals surface area contributed by atoms with Crippen molar-refractivity contribution in [1.82, 2.24) is 4.90 Å². The second kappa shape index (κ2) is 4.60. The molecule has 0 saturated carbocycles. The molecule has 1 heterocycles. The van der Waals surface area contributed by atoms with Crippen molar-refractivity contribution in [3.63, 3.8) is 0 Å². The summed E-state index contributed by atoms with van der Waals surface area (Å²) < 4.78 is 13.6. The molecule has 0 aromatic heterocycles. The molecule has 1 aromatic rings. The summed E-state index contributed by atoms with van der Waals surface area (Å²) >= 11 is 11.5. The smallest absolute Gasteiger partial charge is 0.237 e. The first-order chi connectivity index (χ1) is 7.63. The predicted octanol–water partition coefficient (Wildman–Crippen LogP) is 2.60. The summed E-state index contributed by atoms with van der Waals surface area (Å²) in [6.45, 7) is 0.801. The molecule has 1 aliphatic heterocycles. The van der Waals surface area contributed by atoms with Crippen LogP contribution in [0.5, 0.6) is 0 Å². The molecule has 86 valence electrons.